The number of ether oxygens (including phenoxy) is 2. The Bertz CT molecular complexity index is 800. The fourth-order valence-corrected chi connectivity index (χ4v) is 4.87. The van der Waals surface area contributed by atoms with Gasteiger partial charge in [-0.05, 0) is 43.9 Å². The molecule has 0 unspecified atom stereocenters. The molecule has 1 aliphatic carbocycles. The molecule has 0 bridgehead atoms. The summed E-state index contributed by atoms with van der Waals surface area (Å²) in [5.74, 6) is 0.426. The maximum absolute atomic E-state index is 13.1. The van der Waals surface area contributed by atoms with Crippen LogP contribution in [0.25, 0.3) is 0 Å². The molecule has 3 rings (SSSR count). The topological polar surface area (TPSA) is 84.9 Å². The molecule has 1 heterocycles. The van der Waals surface area contributed by atoms with Gasteiger partial charge in [0.05, 0.1) is 19.8 Å². The molecular weight excluding hydrogens is 368 g/mol. The van der Waals surface area contributed by atoms with Crippen LogP contribution in [0.3, 0.4) is 0 Å². The second-order valence-corrected chi connectivity index (χ2v) is 8.54. The van der Waals surface area contributed by atoms with E-state index >= 15 is 0 Å². The summed E-state index contributed by atoms with van der Waals surface area (Å²) < 4.78 is 38.3. The minimum atomic E-state index is -3.73. The van der Waals surface area contributed by atoms with Crippen LogP contribution in [0.1, 0.15) is 26.2 Å². The molecule has 1 aliphatic heterocycles. The Morgan fingerprint density at radius 1 is 1.33 bits per heavy atom. The number of nitrogens with zero attached hydrogens (tertiary/aromatic N) is 1. The highest BCUT2D eigenvalue weighted by atomic mass is 32.2. The first kappa shape index (κ1) is 19.9. The third-order valence-corrected chi connectivity index (χ3v) is 6.59. The van der Waals surface area contributed by atoms with Crippen molar-refractivity contribution in [2.75, 3.05) is 38.2 Å². The van der Waals surface area contributed by atoms with E-state index in [9.17, 15) is 13.2 Å². The van der Waals surface area contributed by atoms with Crippen LogP contribution in [0.2, 0.25) is 0 Å². The van der Waals surface area contributed by atoms with E-state index in [-0.39, 0.29) is 16.7 Å². The largest absolute Gasteiger partial charge is 0.492 e. The van der Waals surface area contributed by atoms with Crippen molar-refractivity contribution in [1.29, 1.82) is 0 Å². The molecule has 0 aromatic heterocycles. The zero-order valence-corrected chi connectivity index (χ0v) is 16.3. The number of carbonyl (C=O) groups is 1. The molecule has 0 spiro atoms. The fraction of sp³-hybridized carbons (Fsp3) is 0.526. The van der Waals surface area contributed by atoms with Crippen LogP contribution in [-0.2, 0) is 19.6 Å². The van der Waals surface area contributed by atoms with Crippen molar-refractivity contribution in [2.45, 2.75) is 31.1 Å². The van der Waals surface area contributed by atoms with E-state index in [0.717, 1.165) is 12.8 Å². The summed E-state index contributed by atoms with van der Waals surface area (Å²) in [6.07, 6.45) is 6.53. The molecule has 0 radical (unpaired) electrons. The second kappa shape index (κ2) is 8.86. The number of allylic oxidation sites excluding steroid dienone is 2. The predicted molar refractivity (Wildman–Crippen MR) is 102 cm³/mol. The SMILES string of the molecule is CCOc1ccc(NC(=O)C[C@H]2C=CCC2)cc1S(=O)(=O)N1CCOCC1. The molecule has 1 N–H and O–H groups in total. The summed E-state index contributed by atoms with van der Waals surface area (Å²) in [6.45, 7) is 3.50. The summed E-state index contributed by atoms with van der Waals surface area (Å²) in [7, 11) is -3.73. The van der Waals surface area contributed by atoms with E-state index in [1.807, 2.05) is 0 Å². The molecule has 8 heteroatoms. The molecule has 27 heavy (non-hydrogen) atoms. The van der Waals surface area contributed by atoms with Gasteiger partial charge in [0.2, 0.25) is 15.9 Å². The molecule has 1 amide bonds. The smallest absolute Gasteiger partial charge is 0.246 e. The van der Waals surface area contributed by atoms with Gasteiger partial charge in [-0.25, -0.2) is 8.42 Å². The summed E-state index contributed by atoms with van der Waals surface area (Å²) in [4.78, 5) is 12.4. The number of sulfonamides is 1. The maximum Gasteiger partial charge on any atom is 0.246 e. The van der Waals surface area contributed by atoms with Crippen molar-refractivity contribution in [1.82, 2.24) is 4.31 Å². The summed E-state index contributed by atoms with van der Waals surface area (Å²) in [5.41, 5.74) is 0.456. The van der Waals surface area contributed by atoms with E-state index in [0.29, 0.717) is 50.8 Å². The van der Waals surface area contributed by atoms with E-state index in [2.05, 4.69) is 17.5 Å². The van der Waals surface area contributed by atoms with E-state index in [4.69, 9.17) is 9.47 Å². The van der Waals surface area contributed by atoms with E-state index in [1.165, 1.54) is 10.4 Å². The molecule has 148 valence electrons. The van der Waals surface area contributed by atoms with Crippen LogP contribution in [0.15, 0.2) is 35.2 Å². The van der Waals surface area contributed by atoms with Gasteiger partial charge in [-0.1, -0.05) is 12.2 Å². The van der Waals surface area contributed by atoms with Gasteiger partial charge >= 0.3 is 0 Å². The van der Waals surface area contributed by atoms with Gasteiger partial charge < -0.3 is 14.8 Å². The first-order valence-electron chi connectivity index (χ1n) is 9.32. The molecule has 1 aromatic rings. The summed E-state index contributed by atoms with van der Waals surface area (Å²) >= 11 is 0. The van der Waals surface area contributed by atoms with Gasteiger partial charge in [-0.15, -0.1) is 0 Å². The molecular formula is C19H26N2O5S. The zero-order chi connectivity index (χ0) is 19.3. The fourth-order valence-electron chi connectivity index (χ4n) is 3.30. The number of benzene rings is 1. The molecule has 1 fully saturated rings. The average molecular weight is 394 g/mol. The highest BCUT2D eigenvalue weighted by Gasteiger charge is 2.30. The minimum Gasteiger partial charge on any atom is -0.492 e. The quantitative estimate of drug-likeness (QED) is 0.718. The lowest BCUT2D eigenvalue weighted by Crippen LogP contribution is -2.40. The van der Waals surface area contributed by atoms with Gasteiger partial charge in [-0.2, -0.15) is 4.31 Å². The average Bonchev–Trinajstić information content (AvgIpc) is 3.16. The molecule has 1 saturated heterocycles. The first-order chi connectivity index (χ1) is 13.0. The van der Waals surface area contributed by atoms with Crippen molar-refractivity contribution < 1.29 is 22.7 Å². The van der Waals surface area contributed by atoms with Gasteiger partial charge in [-0.3, -0.25) is 4.79 Å². The predicted octanol–water partition coefficient (Wildman–Crippen LogP) is 2.40. The molecule has 1 aromatic carbocycles. The van der Waals surface area contributed by atoms with Crippen LogP contribution in [-0.4, -0.2) is 51.5 Å². The monoisotopic (exact) mass is 394 g/mol. The van der Waals surface area contributed by atoms with E-state index < -0.39 is 10.0 Å². The molecule has 7 nitrogen and oxygen atoms in total. The molecule has 2 aliphatic rings. The number of carbonyl (C=O) groups excluding carboxylic acids is 1. The standard InChI is InChI=1S/C19H26N2O5S/c1-2-26-17-8-7-16(20-19(22)13-15-5-3-4-6-15)14-18(17)27(23,24)21-9-11-25-12-10-21/h3,5,7-8,14-15H,2,4,6,9-13H2,1H3,(H,20,22)/t15-/m0/s1. The lowest BCUT2D eigenvalue weighted by atomic mass is 10.1. The number of hydrogen-bond acceptors (Lipinski definition) is 5. The number of hydrogen-bond donors (Lipinski definition) is 1. The van der Waals surface area contributed by atoms with Crippen LogP contribution < -0.4 is 10.1 Å². The molecule has 1 atom stereocenters. The van der Waals surface area contributed by atoms with Gasteiger partial charge in [0.15, 0.2) is 0 Å². The normalized spacial score (nSPS) is 20.6. The Labute approximate surface area is 160 Å². The Morgan fingerprint density at radius 3 is 2.78 bits per heavy atom. The minimum absolute atomic E-state index is 0.0739. The number of morpholine rings is 1. The number of amides is 1. The van der Waals surface area contributed by atoms with Crippen molar-refractivity contribution >= 4 is 21.6 Å². The Kier molecular flexibility index (Phi) is 6.51. The van der Waals surface area contributed by atoms with Crippen molar-refractivity contribution in [3.63, 3.8) is 0 Å². The van der Waals surface area contributed by atoms with Gasteiger partial charge in [0.25, 0.3) is 0 Å². The zero-order valence-electron chi connectivity index (χ0n) is 15.5. The number of anilines is 1. The van der Waals surface area contributed by atoms with Crippen molar-refractivity contribution in [3.05, 3.63) is 30.4 Å². The Morgan fingerprint density at radius 2 is 2.11 bits per heavy atom. The van der Waals surface area contributed by atoms with Crippen LogP contribution in [0.4, 0.5) is 5.69 Å². The third kappa shape index (κ3) is 4.88. The lowest BCUT2D eigenvalue weighted by Gasteiger charge is -2.27. The van der Waals surface area contributed by atoms with Crippen LogP contribution in [0.5, 0.6) is 5.75 Å². The van der Waals surface area contributed by atoms with Gasteiger partial charge in [0, 0.05) is 25.2 Å². The Hall–Kier alpha value is -1.90. The van der Waals surface area contributed by atoms with Crippen LogP contribution >= 0.6 is 0 Å². The number of nitrogens with one attached hydrogen (secondary N) is 1. The summed E-state index contributed by atoms with van der Waals surface area (Å²) in [5, 5.41) is 2.82. The van der Waals surface area contributed by atoms with Crippen molar-refractivity contribution in [2.24, 2.45) is 5.92 Å². The van der Waals surface area contributed by atoms with E-state index in [1.54, 1.807) is 19.1 Å². The Balaban J connectivity index is 1.81. The third-order valence-electron chi connectivity index (χ3n) is 4.68. The highest BCUT2D eigenvalue weighted by Crippen LogP contribution is 2.31. The number of rotatable bonds is 7. The maximum atomic E-state index is 13.1. The highest BCUT2D eigenvalue weighted by molar-refractivity contribution is 7.89. The van der Waals surface area contributed by atoms with Crippen molar-refractivity contribution in [3.8, 4) is 5.75 Å². The second-order valence-electron chi connectivity index (χ2n) is 6.63. The summed E-state index contributed by atoms with van der Waals surface area (Å²) in [6, 6.07) is 4.76. The van der Waals surface area contributed by atoms with Crippen LogP contribution in [0, 0.1) is 5.92 Å². The first-order valence-corrected chi connectivity index (χ1v) is 10.8. The molecule has 0 saturated carbocycles. The van der Waals surface area contributed by atoms with Gasteiger partial charge in [0.1, 0.15) is 10.6 Å². The lowest BCUT2D eigenvalue weighted by molar-refractivity contribution is -0.116.